The topological polar surface area (TPSA) is 38.3 Å². The Labute approximate surface area is 73.5 Å². The Kier molecular flexibility index (Phi) is 4.08. The van der Waals surface area contributed by atoms with Crippen LogP contribution in [0.15, 0.2) is 0 Å². The summed E-state index contributed by atoms with van der Waals surface area (Å²) in [6.45, 7) is 3.68. The Morgan fingerprint density at radius 2 is 2.33 bits per heavy atom. The lowest BCUT2D eigenvalue weighted by Gasteiger charge is -2.25. The van der Waals surface area contributed by atoms with Gasteiger partial charge in [-0.25, -0.2) is 0 Å². The number of esters is 1. The maximum atomic E-state index is 11.1. The van der Waals surface area contributed by atoms with Crippen molar-refractivity contribution in [1.29, 1.82) is 0 Å². The summed E-state index contributed by atoms with van der Waals surface area (Å²) in [5, 5.41) is 3.09. The third-order valence-electron chi connectivity index (χ3n) is 2.11. The molecule has 0 unspecified atom stereocenters. The molecule has 0 atom stereocenters. The van der Waals surface area contributed by atoms with Gasteiger partial charge < -0.3 is 10.1 Å². The average molecular weight is 171 g/mol. The molecule has 0 saturated heterocycles. The number of nitrogens with one attached hydrogen (secondary N) is 1. The van der Waals surface area contributed by atoms with E-state index in [2.05, 4.69) is 5.32 Å². The Morgan fingerprint density at radius 1 is 1.58 bits per heavy atom. The number of hydrogen-bond acceptors (Lipinski definition) is 3. The molecule has 1 saturated carbocycles. The molecule has 1 N–H and O–H groups in total. The molecular weight excluding hydrogens is 154 g/mol. The highest BCUT2D eigenvalue weighted by atomic mass is 16.5. The van der Waals surface area contributed by atoms with Crippen molar-refractivity contribution in [2.24, 2.45) is 0 Å². The van der Waals surface area contributed by atoms with Crippen LogP contribution in [-0.4, -0.2) is 25.2 Å². The van der Waals surface area contributed by atoms with E-state index in [-0.39, 0.29) is 12.1 Å². The highest BCUT2D eigenvalue weighted by Gasteiger charge is 2.20. The Hall–Kier alpha value is -0.570. The van der Waals surface area contributed by atoms with Crippen molar-refractivity contribution in [3.05, 3.63) is 0 Å². The van der Waals surface area contributed by atoms with Crippen molar-refractivity contribution in [3.63, 3.8) is 0 Å². The van der Waals surface area contributed by atoms with Gasteiger partial charge >= 0.3 is 5.97 Å². The predicted molar refractivity (Wildman–Crippen MR) is 46.9 cm³/mol. The number of carbonyl (C=O) groups is 1. The summed E-state index contributed by atoms with van der Waals surface area (Å²) in [5.41, 5.74) is 0. The molecule has 0 spiro atoms. The van der Waals surface area contributed by atoms with Crippen molar-refractivity contribution in [3.8, 4) is 0 Å². The zero-order valence-electron chi connectivity index (χ0n) is 7.64. The lowest BCUT2D eigenvalue weighted by Crippen LogP contribution is -2.27. The Morgan fingerprint density at radius 3 is 2.83 bits per heavy atom. The van der Waals surface area contributed by atoms with Gasteiger partial charge in [0.15, 0.2) is 0 Å². The van der Waals surface area contributed by atoms with E-state index in [0.717, 1.165) is 25.9 Å². The molecule has 1 fully saturated rings. The first-order valence-electron chi connectivity index (χ1n) is 4.73. The van der Waals surface area contributed by atoms with Gasteiger partial charge in [0.05, 0.1) is 6.42 Å². The van der Waals surface area contributed by atoms with Crippen LogP contribution in [0.3, 0.4) is 0 Å². The van der Waals surface area contributed by atoms with E-state index in [9.17, 15) is 4.79 Å². The summed E-state index contributed by atoms with van der Waals surface area (Å²) < 4.78 is 5.15. The number of ether oxygens (including phenoxy) is 1. The van der Waals surface area contributed by atoms with E-state index in [1.54, 1.807) is 0 Å². The molecule has 70 valence electrons. The van der Waals surface area contributed by atoms with E-state index in [1.807, 2.05) is 6.92 Å². The molecule has 0 amide bonds. The quantitative estimate of drug-likeness (QED) is 0.497. The van der Waals surface area contributed by atoms with Gasteiger partial charge in [0.1, 0.15) is 6.10 Å². The zero-order chi connectivity index (χ0) is 8.81. The van der Waals surface area contributed by atoms with Gasteiger partial charge in [0.25, 0.3) is 0 Å². The van der Waals surface area contributed by atoms with Crippen LogP contribution in [-0.2, 0) is 9.53 Å². The second-order valence-electron chi connectivity index (χ2n) is 3.15. The molecule has 1 aliphatic rings. The summed E-state index contributed by atoms with van der Waals surface area (Å²) in [6.07, 6.45) is 4.08. The second-order valence-corrected chi connectivity index (χ2v) is 3.15. The molecule has 12 heavy (non-hydrogen) atoms. The molecular formula is C9H17NO2. The van der Waals surface area contributed by atoms with Crippen LogP contribution >= 0.6 is 0 Å². The molecule has 0 aromatic carbocycles. The molecule has 0 bridgehead atoms. The summed E-state index contributed by atoms with van der Waals surface area (Å²) in [4.78, 5) is 11.1. The van der Waals surface area contributed by atoms with Gasteiger partial charge in [-0.3, -0.25) is 4.79 Å². The highest BCUT2D eigenvalue weighted by molar-refractivity contribution is 5.69. The van der Waals surface area contributed by atoms with Crippen molar-refractivity contribution < 1.29 is 9.53 Å². The fourth-order valence-corrected chi connectivity index (χ4v) is 1.10. The van der Waals surface area contributed by atoms with Gasteiger partial charge in [0, 0.05) is 6.54 Å². The standard InChI is InChI=1S/C9H17NO2/c1-2-10-7-6-9(11)12-8-4-3-5-8/h8,10H,2-7H2,1H3. The normalized spacial score (nSPS) is 17.1. The summed E-state index contributed by atoms with van der Waals surface area (Å²) >= 11 is 0. The fourth-order valence-electron chi connectivity index (χ4n) is 1.10. The van der Waals surface area contributed by atoms with E-state index < -0.39 is 0 Å². The van der Waals surface area contributed by atoms with Crippen LogP contribution in [0.2, 0.25) is 0 Å². The number of hydrogen-bond donors (Lipinski definition) is 1. The number of carbonyl (C=O) groups excluding carboxylic acids is 1. The smallest absolute Gasteiger partial charge is 0.307 e. The molecule has 0 aromatic heterocycles. The first kappa shape index (κ1) is 9.52. The second kappa shape index (κ2) is 5.14. The van der Waals surface area contributed by atoms with Crippen LogP contribution in [0.5, 0.6) is 0 Å². The summed E-state index contributed by atoms with van der Waals surface area (Å²) in [6, 6.07) is 0. The van der Waals surface area contributed by atoms with Crippen LogP contribution in [0.1, 0.15) is 32.6 Å². The molecule has 0 radical (unpaired) electrons. The maximum Gasteiger partial charge on any atom is 0.307 e. The van der Waals surface area contributed by atoms with Gasteiger partial charge in [-0.2, -0.15) is 0 Å². The van der Waals surface area contributed by atoms with E-state index in [1.165, 1.54) is 6.42 Å². The van der Waals surface area contributed by atoms with Crippen LogP contribution in [0.4, 0.5) is 0 Å². The molecule has 0 aliphatic heterocycles. The molecule has 0 aromatic rings. The first-order valence-corrected chi connectivity index (χ1v) is 4.73. The van der Waals surface area contributed by atoms with Gasteiger partial charge in [-0.15, -0.1) is 0 Å². The zero-order valence-corrected chi connectivity index (χ0v) is 7.64. The van der Waals surface area contributed by atoms with Crippen molar-refractivity contribution >= 4 is 5.97 Å². The maximum absolute atomic E-state index is 11.1. The van der Waals surface area contributed by atoms with Crippen LogP contribution < -0.4 is 5.32 Å². The van der Waals surface area contributed by atoms with Gasteiger partial charge in [-0.1, -0.05) is 6.92 Å². The van der Waals surface area contributed by atoms with E-state index in [0.29, 0.717) is 6.42 Å². The minimum atomic E-state index is -0.0550. The monoisotopic (exact) mass is 171 g/mol. The molecule has 1 rings (SSSR count). The fraction of sp³-hybridized carbons (Fsp3) is 0.889. The van der Waals surface area contributed by atoms with E-state index in [4.69, 9.17) is 4.74 Å². The minimum absolute atomic E-state index is 0.0550. The minimum Gasteiger partial charge on any atom is -0.462 e. The predicted octanol–water partition coefficient (Wildman–Crippen LogP) is 1.08. The first-order chi connectivity index (χ1) is 5.83. The van der Waals surface area contributed by atoms with Crippen molar-refractivity contribution in [2.45, 2.75) is 38.7 Å². The average Bonchev–Trinajstić information content (AvgIpc) is 1.98. The van der Waals surface area contributed by atoms with Gasteiger partial charge in [0.2, 0.25) is 0 Å². The third-order valence-corrected chi connectivity index (χ3v) is 2.11. The van der Waals surface area contributed by atoms with E-state index >= 15 is 0 Å². The van der Waals surface area contributed by atoms with Crippen LogP contribution in [0, 0.1) is 0 Å². The Bertz CT molecular complexity index is 143. The lowest BCUT2D eigenvalue weighted by atomic mass is 9.96. The summed E-state index contributed by atoms with van der Waals surface area (Å²) in [5.74, 6) is -0.0550. The van der Waals surface area contributed by atoms with Crippen molar-refractivity contribution in [1.82, 2.24) is 5.32 Å². The lowest BCUT2D eigenvalue weighted by molar-refractivity contribution is -0.152. The largest absolute Gasteiger partial charge is 0.462 e. The third kappa shape index (κ3) is 3.22. The Balaban J connectivity index is 1.95. The SMILES string of the molecule is CCNCCC(=O)OC1CCC1. The highest BCUT2D eigenvalue weighted by Crippen LogP contribution is 2.22. The molecule has 3 nitrogen and oxygen atoms in total. The number of rotatable bonds is 5. The molecule has 0 heterocycles. The molecule has 1 aliphatic carbocycles. The van der Waals surface area contributed by atoms with Gasteiger partial charge in [-0.05, 0) is 25.8 Å². The van der Waals surface area contributed by atoms with Crippen LogP contribution in [0.25, 0.3) is 0 Å². The summed E-state index contributed by atoms with van der Waals surface area (Å²) in [7, 11) is 0. The van der Waals surface area contributed by atoms with Crippen molar-refractivity contribution in [2.75, 3.05) is 13.1 Å². The molecule has 3 heteroatoms.